The zero-order chi connectivity index (χ0) is 15.0. The average Bonchev–Trinajstić information content (AvgIpc) is 3.22. The Labute approximate surface area is 119 Å². The van der Waals surface area contributed by atoms with Crippen LogP contribution < -0.4 is 14.8 Å². The van der Waals surface area contributed by atoms with E-state index in [9.17, 15) is 18.0 Å². The fourth-order valence-electron chi connectivity index (χ4n) is 2.57. The van der Waals surface area contributed by atoms with E-state index in [1.807, 2.05) is 17.4 Å². The topological polar surface area (TPSA) is 47.6 Å². The molecule has 114 valence electrons. The largest absolute Gasteiger partial charge is 0.486 e. The number of hydrogen-bond acceptors (Lipinski definition) is 3. The summed E-state index contributed by atoms with van der Waals surface area (Å²) in [6, 6.07) is 5.54. The van der Waals surface area contributed by atoms with Gasteiger partial charge >= 0.3 is 12.1 Å². The molecule has 1 amide bonds. The fraction of sp³-hybridized carbons (Fsp3) is 0.500. The van der Waals surface area contributed by atoms with Gasteiger partial charge in [-0.15, -0.1) is 0 Å². The van der Waals surface area contributed by atoms with Gasteiger partial charge in [0.1, 0.15) is 13.2 Å². The number of fused-ring (bicyclic) bond motifs is 1. The van der Waals surface area contributed by atoms with Gasteiger partial charge in [-0.3, -0.25) is 4.79 Å². The van der Waals surface area contributed by atoms with Crippen molar-refractivity contribution in [2.45, 2.75) is 18.5 Å². The number of rotatable bonds is 3. The van der Waals surface area contributed by atoms with Gasteiger partial charge in [0.15, 0.2) is 11.5 Å². The van der Waals surface area contributed by atoms with E-state index in [4.69, 9.17) is 9.47 Å². The molecule has 1 aliphatic carbocycles. The lowest BCUT2D eigenvalue weighted by molar-refractivity contribution is -0.173. The van der Waals surface area contributed by atoms with E-state index < -0.39 is 12.1 Å². The minimum atomic E-state index is -4.83. The molecule has 0 radical (unpaired) electrons. The van der Waals surface area contributed by atoms with E-state index in [0.29, 0.717) is 24.7 Å². The van der Waals surface area contributed by atoms with Crippen molar-refractivity contribution in [3.8, 4) is 11.5 Å². The van der Waals surface area contributed by atoms with E-state index in [0.717, 1.165) is 12.0 Å². The normalized spacial score (nSPS) is 23.6. The van der Waals surface area contributed by atoms with E-state index in [2.05, 4.69) is 0 Å². The van der Waals surface area contributed by atoms with Gasteiger partial charge < -0.3 is 14.8 Å². The van der Waals surface area contributed by atoms with Crippen molar-refractivity contribution in [3.05, 3.63) is 23.8 Å². The third-order valence-corrected chi connectivity index (χ3v) is 3.70. The van der Waals surface area contributed by atoms with Crippen LogP contribution in [0.1, 0.15) is 17.9 Å². The maximum atomic E-state index is 12.1. The molecule has 1 heterocycles. The maximum Gasteiger partial charge on any atom is 0.471 e. The Morgan fingerprint density at radius 2 is 2.05 bits per heavy atom. The molecule has 0 bridgehead atoms. The first kappa shape index (κ1) is 14.0. The fourth-order valence-corrected chi connectivity index (χ4v) is 2.57. The molecular weight excluding hydrogens is 287 g/mol. The van der Waals surface area contributed by atoms with Crippen molar-refractivity contribution in [2.24, 2.45) is 5.92 Å². The molecule has 2 atom stereocenters. The third kappa shape index (κ3) is 2.91. The Bertz CT molecular complexity index is 559. The molecule has 1 saturated carbocycles. The number of nitrogens with one attached hydrogen (secondary N) is 1. The Hall–Kier alpha value is -1.92. The number of ether oxygens (including phenoxy) is 2. The Morgan fingerprint density at radius 1 is 1.29 bits per heavy atom. The Kier molecular flexibility index (Phi) is 3.43. The van der Waals surface area contributed by atoms with Gasteiger partial charge in [-0.2, -0.15) is 13.2 Å². The lowest BCUT2D eigenvalue weighted by Gasteiger charge is -2.21. The first-order chi connectivity index (χ1) is 9.97. The summed E-state index contributed by atoms with van der Waals surface area (Å²) >= 11 is 0. The smallest absolute Gasteiger partial charge is 0.471 e. The summed E-state index contributed by atoms with van der Waals surface area (Å²) < 4.78 is 47.4. The second kappa shape index (κ2) is 5.13. The van der Waals surface area contributed by atoms with Crippen LogP contribution in [0.5, 0.6) is 11.5 Å². The average molecular weight is 301 g/mol. The molecule has 1 aromatic rings. The molecule has 4 nitrogen and oxygen atoms in total. The van der Waals surface area contributed by atoms with Crippen LogP contribution >= 0.6 is 0 Å². The van der Waals surface area contributed by atoms with Crippen molar-refractivity contribution in [3.63, 3.8) is 0 Å². The first-order valence-electron chi connectivity index (χ1n) is 6.70. The molecule has 0 saturated heterocycles. The Balaban J connectivity index is 1.62. The molecule has 0 aromatic heterocycles. The van der Waals surface area contributed by atoms with Crippen LogP contribution in [0.3, 0.4) is 0 Å². The number of benzene rings is 1. The SMILES string of the molecule is O=C(NCC1CC1c1cccc2c1OCCO2)C(F)(F)F. The summed E-state index contributed by atoms with van der Waals surface area (Å²) in [7, 11) is 0. The minimum absolute atomic E-state index is 0.00771. The minimum Gasteiger partial charge on any atom is -0.486 e. The van der Waals surface area contributed by atoms with E-state index >= 15 is 0 Å². The molecule has 1 aromatic carbocycles. The van der Waals surface area contributed by atoms with Gasteiger partial charge in [-0.25, -0.2) is 0 Å². The second-order valence-corrected chi connectivity index (χ2v) is 5.18. The van der Waals surface area contributed by atoms with Gasteiger partial charge in [0.05, 0.1) is 0 Å². The predicted molar refractivity (Wildman–Crippen MR) is 67.3 cm³/mol. The van der Waals surface area contributed by atoms with Gasteiger partial charge in [0.25, 0.3) is 0 Å². The molecule has 1 N–H and O–H groups in total. The van der Waals surface area contributed by atoms with Crippen LogP contribution in [0, 0.1) is 5.92 Å². The van der Waals surface area contributed by atoms with Crippen molar-refractivity contribution >= 4 is 5.91 Å². The molecular formula is C14H14F3NO3. The van der Waals surface area contributed by atoms with Crippen LogP contribution in [0.2, 0.25) is 0 Å². The molecule has 2 unspecified atom stereocenters. The van der Waals surface area contributed by atoms with Crippen LogP contribution in [-0.2, 0) is 4.79 Å². The standard InChI is InChI=1S/C14H14F3NO3/c15-14(16,17)13(19)18-7-8-6-10(8)9-2-1-3-11-12(9)21-5-4-20-11/h1-3,8,10H,4-7H2,(H,18,19). The highest BCUT2D eigenvalue weighted by atomic mass is 19.4. The summed E-state index contributed by atoms with van der Waals surface area (Å²) in [5, 5.41) is 1.93. The van der Waals surface area contributed by atoms with Crippen LogP contribution in [0.15, 0.2) is 18.2 Å². The summed E-state index contributed by atoms with van der Waals surface area (Å²) in [4.78, 5) is 10.8. The second-order valence-electron chi connectivity index (χ2n) is 5.18. The third-order valence-electron chi connectivity index (χ3n) is 3.70. The van der Waals surface area contributed by atoms with Crippen LogP contribution in [0.4, 0.5) is 13.2 Å². The van der Waals surface area contributed by atoms with Gasteiger partial charge in [-0.05, 0) is 24.3 Å². The molecule has 3 rings (SSSR count). The zero-order valence-corrected chi connectivity index (χ0v) is 11.1. The van der Waals surface area contributed by atoms with Crippen molar-refractivity contribution < 1.29 is 27.4 Å². The monoisotopic (exact) mass is 301 g/mol. The van der Waals surface area contributed by atoms with E-state index in [-0.39, 0.29) is 18.4 Å². The maximum absolute atomic E-state index is 12.1. The highest BCUT2D eigenvalue weighted by Crippen LogP contribution is 2.52. The molecule has 1 aliphatic heterocycles. The number of hydrogen-bond donors (Lipinski definition) is 1. The van der Waals surface area contributed by atoms with Crippen LogP contribution in [-0.4, -0.2) is 31.8 Å². The van der Waals surface area contributed by atoms with Gasteiger partial charge in [0, 0.05) is 12.1 Å². The number of amides is 1. The predicted octanol–water partition coefficient (Wildman–Crippen LogP) is 2.24. The highest BCUT2D eigenvalue weighted by molar-refractivity contribution is 5.81. The van der Waals surface area contributed by atoms with Crippen LogP contribution in [0.25, 0.3) is 0 Å². The molecule has 1 fully saturated rings. The summed E-state index contributed by atoms with van der Waals surface area (Å²) in [6.07, 6.45) is -4.09. The molecule has 21 heavy (non-hydrogen) atoms. The molecule has 0 spiro atoms. The van der Waals surface area contributed by atoms with Crippen molar-refractivity contribution in [1.29, 1.82) is 0 Å². The summed E-state index contributed by atoms with van der Waals surface area (Å²) in [6.45, 7) is 0.978. The zero-order valence-electron chi connectivity index (χ0n) is 11.1. The van der Waals surface area contributed by atoms with E-state index in [1.54, 1.807) is 6.07 Å². The lowest BCUT2D eigenvalue weighted by Crippen LogP contribution is -2.37. The lowest BCUT2D eigenvalue weighted by atomic mass is 10.1. The summed E-state index contributed by atoms with van der Waals surface area (Å²) in [5.74, 6) is -0.423. The van der Waals surface area contributed by atoms with Gasteiger partial charge in [-0.1, -0.05) is 12.1 Å². The number of carbonyl (C=O) groups is 1. The molecule has 2 aliphatic rings. The number of carbonyl (C=O) groups excluding carboxylic acids is 1. The van der Waals surface area contributed by atoms with Gasteiger partial charge in [0.2, 0.25) is 0 Å². The quantitative estimate of drug-likeness (QED) is 0.931. The summed E-state index contributed by atoms with van der Waals surface area (Å²) in [5.41, 5.74) is 0.943. The Morgan fingerprint density at radius 3 is 2.81 bits per heavy atom. The number of halogens is 3. The van der Waals surface area contributed by atoms with Crippen molar-refractivity contribution in [2.75, 3.05) is 19.8 Å². The molecule has 7 heteroatoms. The van der Waals surface area contributed by atoms with Crippen molar-refractivity contribution in [1.82, 2.24) is 5.32 Å². The highest BCUT2D eigenvalue weighted by Gasteiger charge is 2.44. The number of para-hydroxylation sites is 1. The first-order valence-corrected chi connectivity index (χ1v) is 6.70. The number of alkyl halides is 3. The van der Waals surface area contributed by atoms with E-state index in [1.165, 1.54) is 0 Å².